The molecule has 0 spiro atoms. The summed E-state index contributed by atoms with van der Waals surface area (Å²) in [5.41, 5.74) is 1.41. The standard InChI is InChI=1S/C19H21NO5S/c21-17(20-18(19(22)23)16-11-5-2-6-12-16)14-26(24,25)13-7-10-15-8-3-1-4-9-15/h1-6,8-9,11-12,18H,7,10,13-14H2,(H,20,21)(H,22,23). The molecule has 0 heterocycles. The lowest BCUT2D eigenvalue weighted by Gasteiger charge is -2.15. The van der Waals surface area contributed by atoms with Gasteiger partial charge in [-0.1, -0.05) is 60.7 Å². The Hall–Kier alpha value is -2.67. The van der Waals surface area contributed by atoms with Gasteiger partial charge >= 0.3 is 5.97 Å². The number of benzene rings is 2. The van der Waals surface area contributed by atoms with Crippen LogP contribution in [0.4, 0.5) is 0 Å². The number of carboxylic acid groups (broad SMARTS) is 1. The summed E-state index contributed by atoms with van der Waals surface area (Å²) in [5, 5.41) is 11.6. The monoisotopic (exact) mass is 375 g/mol. The van der Waals surface area contributed by atoms with Crippen LogP contribution >= 0.6 is 0 Å². The van der Waals surface area contributed by atoms with Gasteiger partial charge in [0.15, 0.2) is 15.9 Å². The first-order chi connectivity index (χ1) is 12.4. The summed E-state index contributed by atoms with van der Waals surface area (Å²) in [5.74, 6) is -2.91. The average molecular weight is 375 g/mol. The van der Waals surface area contributed by atoms with Gasteiger partial charge in [-0.05, 0) is 24.0 Å². The smallest absolute Gasteiger partial charge is 0.330 e. The quantitative estimate of drug-likeness (QED) is 0.698. The molecule has 2 N–H and O–H groups in total. The number of rotatable bonds is 9. The van der Waals surface area contributed by atoms with Gasteiger partial charge < -0.3 is 10.4 Å². The summed E-state index contributed by atoms with van der Waals surface area (Å²) in [4.78, 5) is 23.4. The van der Waals surface area contributed by atoms with E-state index in [1.165, 1.54) is 0 Å². The Labute approximate surface area is 152 Å². The van der Waals surface area contributed by atoms with Gasteiger partial charge in [0.1, 0.15) is 5.75 Å². The molecule has 0 bridgehead atoms. The van der Waals surface area contributed by atoms with Gasteiger partial charge in [0, 0.05) is 0 Å². The van der Waals surface area contributed by atoms with Crippen molar-refractivity contribution in [3.05, 3.63) is 71.8 Å². The molecule has 7 heteroatoms. The number of hydrogen-bond donors (Lipinski definition) is 2. The predicted molar refractivity (Wildman–Crippen MR) is 98.4 cm³/mol. The van der Waals surface area contributed by atoms with Crippen molar-refractivity contribution < 1.29 is 23.1 Å². The third-order valence-electron chi connectivity index (χ3n) is 3.80. The first-order valence-corrected chi connectivity index (χ1v) is 10.0. The number of carbonyl (C=O) groups excluding carboxylic acids is 1. The van der Waals surface area contributed by atoms with E-state index in [9.17, 15) is 23.1 Å². The SMILES string of the molecule is O=C(CS(=O)(=O)CCCc1ccccc1)NC(C(=O)O)c1ccccc1. The van der Waals surface area contributed by atoms with Crippen LogP contribution in [-0.4, -0.2) is 36.9 Å². The van der Waals surface area contributed by atoms with Gasteiger partial charge in [-0.15, -0.1) is 0 Å². The topological polar surface area (TPSA) is 101 Å². The Morgan fingerprint density at radius 2 is 1.54 bits per heavy atom. The third-order valence-corrected chi connectivity index (χ3v) is 5.41. The van der Waals surface area contributed by atoms with Gasteiger partial charge in [0.25, 0.3) is 0 Å². The second kappa shape index (κ2) is 9.15. The van der Waals surface area contributed by atoms with Crippen molar-refractivity contribution in [3.63, 3.8) is 0 Å². The Morgan fingerprint density at radius 1 is 0.962 bits per heavy atom. The van der Waals surface area contributed by atoms with E-state index in [-0.39, 0.29) is 5.75 Å². The third kappa shape index (κ3) is 6.33. The molecule has 1 unspecified atom stereocenters. The van der Waals surface area contributed by atoms with E-state index in [2.05, 4.69) is 5.32 Å². The van der Waals surface area contributed by atoms with Crippen molar-refractivity contribution in [1.82, 2.24) is 5.32 Å². The lowest BCUT2D eigenvalue weighted by molar-refractivity contribution is -0.141. The number of aliphatic carboxylic acids is 1. The number of amides is 1. The lowest BCUT2D eigenvalue weighted by Crippen LogP contribution is -2.37. The van der Waals surface area contributed by atoms with Crippen LogP contribution in [0.3, 0.4) is 0 Å². The minimum absolute atomic E-state index is 0.127. The van der Waals surface area contributed by atoms with Gasteiger partial charge in [0.05, 0.1) is 5.75 Å². The van der Waals surface area contributed by atoms with Crippen LogP contribution in [0.15, 0.2) is 60.7 Å². The fourth-order valence-electron chi connectivity index (χ4n) is 2.55. The molecule has 0 radical (unpaired) electrons. The maximum atomic E-state index is 12.1. The molecule has 2 aromatic carbocycles. The highest BCUT2D eigenvalue weighted by Crippen LogP contribution is 2.13. The van der Waals surface area contributed by atoms with E-state index in [1.807, 2.05) is 30.3 Å². The highest BCUT2D eigenvalue weighted by molar-refractivity contribution is 7.92. The lowest BCUT2D eigenvalue weighted by atomic mass is 10.1. The first-order valence-electron chi connectivity index (χ1n) is 8.19. The average Bonchev–Trinajstić information content (AvgIpc) is 2.60. The zero-order chi connectivity index (χ0) is 19.0. The summed E-state index contributed by atoms with van der Waals surface area (Å²) < 4.78 is 24.2. The van der Waals surface area contributed by atoms with Crippen molar-refractivity contribution in [2.24, 2.45) is 0 Å². The molecule has 2 rings (SSSR count). The summed E-state index contributed by atoms with van der Waals surface area (Å²) in [7, 11) is -3.61. The van der Waals surface area contributed by atoms with E-state index >= 15 is 0 Å². The number of hydrogen-bond acceptors (Lipinski definition) is 4. The highest BCUT2D eigenvalue weighted by Gasteiger charge is 2.24. The van der Waals surface area contributed by atoms with E-state index in [1.54, 1.807) is 30.3 Å². The Bertz CT molecular complexity index is 835. The van der Waals surface area contributed by atoms with E-state index in [4.69, 9.17) is 0 Å². The van der Waals surface area contributed by atoms with Crippen LogP contribution in [0, 0.1) is 0 Å². The molecule has 0 saturated carbocycles. The van der Waals surface area contributed by atoms with Crippen LogP contribution in [0.2, 0.25) is 0 Å². The van der Waals surface area contributed by atoms with E-state index < -0.39 is 33.5 Å². The fraction of sp³-hybridized carbons (Fsp3) is 0.263. The summed E-state index contributed by atoms with van der Waals surface area (Å²) >= 11 is 0. The molecule has 0 aromatic heterocycles. The second-order valence-corrected chi connectivity index (χ2v) is 8.11. The van der Waals surface area contributed by atoms with Crippen molar-refractivity contribution in [2.75, 3.05) is 11.5 Å². The summed E-state index contributed by atoms with van der Waals surface area (Å²) in [6.07, 6.45) is 1.00. The number of carbonyl (C=O) groups is 2. The van der Waals surface area contributed by atoms with Crippen LogP contribution in [0.5, 0.6) is 0 Å². The Morgan fingerprint density at radius 3 is 2.12 bits per heavy atom. The Balaban J connectivity index is 1.89. The zero-order valence-electron chi connectivity index (χ0n) is 14.2. The van der Waals surface area contributed by atoms with Crippen molar-refractivity contribution in [3.8, 4) is 0 Å². The molecule has 0 saturated heterocycles. The van der Waals surface area contributed by atoms with Gasteiger partial charge in [-0.25, -0.2) is 13.2 Å². The number of carboxylic acids is 1. The first kappa shape index (κ1) is 19.7. The summed E-state index contributed by atoms with van der Waals surface area (Å²) in [6.45, 7) is 0. The van der Waals surface area contributed by atoms with Gasteiger partial charge in [0.2, 0.25) is 5.91 Å². The van der Waals surface area contributed by atoms with E-state index in [0.717, 1.165) is 5.56 Å². The molecule has 2 aromatic rings. The molecule has 138 valence electrons. The van der Waals surface area contributed by atoms with Crippen LogP contribution in [0.1, 0.15) is 23.6 Å². The van der Waals surface area contributed by atoms with Gasteiger partial charge in [-0.2, -0.15) is 0 Å². The number of aryl methyl sites for hydroxylation is 1. The molecule has 1 amide bonds. The molecule has 0 aliphatic heterocycles. The maximum absolute atomic E-state index is 12.1. The van der Waals surface area contributed by atoms with Crippen LogP contribution in [0.25, 0.3) is 0 Å². The predicted octanol–water partition coefficient (Wildman–Crippen LogP) is 1.98. The molecule has 1 atom stereocenters. The second-order valence-electron chi connectivity index (χ2n) is 5.93. The molecular formula is C19H21NO5S. The number of nitrogens with one attached hydrogen (secondary N) is 1. The molecule has 0 aliphatic rings. The number of sulfone groups is 1. The zero-order valence-corrected chi connectivity index (χ0v) is 15.0. The molecule has 26 heavy (non-hydrogen) atoms. The largest absolute Gasteiger partial charge is 0.479 e. The van der Waals surface area contributed by atoms with Gasteiger partial charge in [-0.3, -0.25) is 4.79 Å². The van der Waals surface area contributed by atoms with Crippen molar-refractivity contribution in [2.45, 2.75) is 18.9 Å². The highest BCUT2D eigenvalue weighted by atomic mass is 32.2. The van der Waals surface area contributed by atoms with Crippen LogP contribution < -0.4 is 5.32 Å². The normalized spacial score (nSPS) is 12.3. The van der Waals surface area contributed by atoms with Crippen molar-refractivity contribution >= 4 is 21.7 Å². The molecular weight excluding hydrogens is 354 g/mol. The van der Waals surface area contributed by atoms with Crippen molar-refractivity contribution in [1.29, 1.82) is 0 Å². The minimum atomic E-state index is -3.61. The summed E-state index contributed by atoms with van der Waals surface area (Å²) in [6, 6.07) is 16.4. The molecule has 6 nitrogen and oxygen atoms in total. The maximum Gasteiger partial charge on any atom is 0.330 e. The molecule has 0 aliphatic carbocycles. The van der Waals surface area contributed by atoms with E-state index in [0.29, 0.717) is 18.4 Å². The fourth-order valence-corrected chi connectivity index (χ4v) is 3.76. The van der Waals surface area contributed by atoms with Crippen LogP contribution in [-0.2, 0) is 25.8 Å². The molecule has 0 fully saturated rings. The Kier molecular flexibility index (Phi) is 6.91. The minimum Gasteiger partial charge on any atom is -0.479 e.